The van der Waals surface area contributed by atoms with Crippen LogP contribution in [0.2, 0.25) is 0 Å². The molecule has 2 saturated carbocycles. The molecule has 2 bridgehead atoms. The fourth-order valence-electron chi connectivity index (χ4n) is 5.96. The molecule has 2 aliphatic carbocycles. The van der Waals surface area contributed by atoms with Crippen LogP contribution in [-0.2, 0) is 16.1 Å². The van der Waals surface area contributed by atoms with E-state index < -0.39 is 6.09 Å². The standard InChI is InChI=1S/C21H28FN3O2.C9H14N2O.C2H6.C2H2/c1-15-23-12-18(24-15)19(17-8-10-21(2,14-22)11-9-17)25-20(26)27-13-16-6-4-3-5-7-16;1-5(10)2-8-6-3-7(4-6)11-9(8)12;2*1-2/h3-7,12,17,19H,8-11,13-14H2,1-2H3,(H,23,24)(H,25,26);6-8,10H,2-4H2,1H3,(H,11,12);1-2H3;1-2H. The van der Waals surface area contributed by atoms with E-state index in [9.17, 15) is 14.0 Å². The van der Waals surface area contributed by atoms with Crippen LogP contribution >= 0.6 is 0 Å². The summed E-state index contributed by atoms with van der Waals surface area (Å²) >= 11 is 0. The zero-order valence-electron chi connectivity index (χ0n) is 26.4. The maximum Gasteiger partial charge on any atom is 0.408 e. The number of halogens is 1. The maximum absolute atomic E-state index is 13.3. The van der Waals surface area contributed by atoms with Crippen molar-refractivity contribution in [1.29, 1.82) is 5.41 Å². The molecule has 4 aliphatic rings. The van der Waals surface area contributed by atoms with E-state index in [2.05, 4.69) is 33.4 Å². The topological polar surface area (TPSA) is 120 Å². The average molecular weight is 596 g/mol. The van der Waals surface area contributed by atoms with Crippen LogP contribution in [0, 0.1) is 48.3 Å². The van der Waals surface area contributed by atoms with Crippen molar-refractivity contribution in [2.24, 2.45) is 23.2 Å². The lowest BCUT2D eigenvalue weighted by molar-refractivity contribution is -0.135. The number of fused-ring (bicyclic) bond motifs is 2. The molecular formula is C34H50FN5O3. The molecule has 6 rings (SSSR count). The van der Waals surface area contributed by atoms with Crippen molar-refractivity contribution in [2.45, 2.75) is 98.3 Å². The van der Waals surface area contributed by atoms with Crippen LogP contribution in [0.5, 0.6) is 0 Å². The number of alkyl carbamates (subject to hydrolysis) is 1. The highest BCUT2D eigenvalue weighted by Gasteiger charge is 2.44. The SMILES string of the molecule is C#C.CC.CC(=N)CC1C(=O)NC2CC1C2.Cc1ncc(C(NC(=O)OCc2ccccc2)C2CCC(C)(CF)CC2)[nH]1. The number of nitrogens with zero attached hydrogens (tertiary/aromatic N) is 1. The molecule has 43 heavy (non-hydrogen) atoms. The van der Waals surface area contributed by atoms with E-state index >= 15 is 0 Å². The van der Waals surface area contributed by atoms with Crippen molar-refractivity contribution in [1.82, 2.24) is 20.6 Å². The van der Waals surface area contributed by atoms with Crippen molar-refractivity contribution < 1.29 is 18.7 Å². The van der Waals surface area contributed by atoms with Crippen LogP contribution in [0.4, 0.5) is 9.18 Å². The van der Waals surface area contributed by atoms with Gasteiger partial charge in [0.2, 0.25) is 5.91 Å². The first-order chi connectivity index (χ1) is 20.7. The van der Waals surface area contributed by atoms with Gasteiger partial charge in [-0.25, -0.2) is 9.78 Å². The number of amides is 2. The van der Waals surface area contributed by atoms with Gasteiger partial charge in [-0.15, -0.1) is 12.8 Å². The summed E-state index contributed by atoms with van der Waals surface area (Å²) < 4.78 is 18.7. The fraction of sp³-hybridized carbons (Fsp3) is 0.588. The lowest BCUT2D eigenvalue weighted by Gasteiger charge is -2.46. The van der Waals surface area contributed by atoms with E-state index in [-0.39, 0.29) is 42.5 Å². The molecule has 4 fully saturated rings. The van der Waals surface area contributed by atoms with Crippen molar-refractivity contribution in [2.75, 3.05) is 6.67 Å². The van der Waals surface area contributed by atoms with Gasteiger partial charge in [-0.2, -0.15) is 0 Å². The Balaban J connectivity index is 0.000000334. The Hall–Kier alpha value is -3.67. The second-order valence-electron chi connectivity index (χ2n) is 11.9. The minimum Gasteiger partial charge on any atom is -0.445 e. The van der Waals surface area contributed by atoms with Crippen LogP contribution in [0.25, 0.3) is 0 Å². The first kappa shape index (κ1) is 35.5. The van der Waals surface area contributed by atoms with Crippen LogP contribution in [0.15, 0.2) is 36.5 Å². The molecule has 8 nitrogen and oxygen atoms in total. The predicted molar refractivity (Wildman–Crippen MR) is 169 cm³/mol. The number of ether oxygens (including phenoxy) is 1. The predicted octanol–water partition coefficient (Wildman–Crippen LogP) is 7.07. The zero-order valence-corrected chi connectivity index (χ0v) is 26.4. The Morgan fingerprint density at radius 1 is 1.21 bits per heavy atom. The highest BCUT2D eigenvalue weighted by molar-refractivity contribution is 5.88. The highest BCUT2D eigenvalue weighted by atomic mass is 19.1. The molecule has 2 amide bonds. The number of alkyl halides is 1. The van der Waals surface area contributed by atoms with Gasteiger partial charge in [0.15, 0.2) is 0 Å². The number of hydrogen-bond acceptors (Lipinski definition) is 5. The summed E-state index contributed by atoms with van der Waals surface area (Å²) in [5, 5.41) is 13.3. The van der Waals surface area contributed by atoms with E-state index in [1.165, 1.54) is 0 Å². The monoisotopic (exact) mass is 595 g/mol. The number of nitrogens with one attached hydrogen (secondary N) is 4. The van der Waals surface area contributed by atoms with E-state index in [4.69, 9.17) is 10.1 Å². The Kier molecular flexibility index (Phi) is 14.4. The third-order valence-electron chi connectivity index (χ3n) is 8.53. The Bertz CT molecular complexity index is 1170. The molecule has 2 atom stereocenters. The number of aryl methyl sites for hydroxylation is 1. The fourth-order valence-corrected chi connectivity index (χ4v) is 5.96. The lowest BCUT2D eigenvalue weighted by atomic mass is 9.67. The third kappa shape index (κ3) is 10.5. The number of terminal acetylenes is 1. The molecule has 1 aromatic carbocycles. The molecule has 2 aliphatic heterocycles. The summed E-state index contributed by atoms with van der Waals surface area (Å²) in [6.07, 6.45) is 15.6. The number of rotatable bonds is 8. The minimum atomic E-state index is -0.449. The van der Waals surface area contributed by atoms with Gasteiger partial charge in [-0.3, -0.25) is 9.18 Å². The number of piperidine rings is 2. The third-order valence-corrected chi connectivity index (χ3v) is 8.53. The first-order valence-corrected chi connectivity index (χ1v) is 15.4. The summed E-state index contributed by atoms with van der Waals surface area (Å²) in [5.74, 6) is 1.89. The molecular weight excluding hydrogens is 545 g/mol. The van der Waals surface area contributed by atoms with Gasteiger partial charge in [-0.05, 0) is 81.6 Å². The summed E-state index contributed by atoms with van der Waals surface area (Å²) in [5.41, 5.74) is 2.20. The van der Waals surface area contributed by atoms with Gasteiger partial charge in [0.25, 0.3) is 0 Å². The molecule has 0 spiro atoms. The summed E-state index contributed by atoms with van der Waals surface area (Å²) in [7, 11) is 0. The highest BCUT2D eigenvalue weighted by Crippen LogP contribution is 2.43. The molecule has 2 aromatic rings. The average Bonchev–Trinajstić information content (AvgIpc) is 3.44. The summed E-state index contributed by atoms with van der Waals surface area (Å²) in [6.45, 7) is 9.60. The Morgan fingerprint density at radius 2 is 1.84 bits per heavy atom. The number of carbonyl (C=O) groups excluding carboxylic acids is 2. The van der Waals surface area contributed by atoms with Crippen molar-refractivity contribution in [3.05, 3.63) is 53.6 Å². The zero-order chi connectivity index (χ0) is 32.0. The molecule has 236 valence electrons. The number of benzene rings is 1. The van der Waals surface area contributed by atoms with Gasteiger partial charge in [-0.1, -0.05) is 51.1 Å². The largest absolute Gasteiger partial charge is 0.445 e. The van der Waals surface area contributed by atoms with Gasteiger partial charge in [0.1, 0.15) is 12.4 Å². The maximum atomic E-state index is 13.3. The van der Waals surface area contributed by atoms with E-state index in [1.54, 1.807) is 13.1 Å². The first-order valence-electron chi connectivity index (χ1n) is 15.4. The molecule has 4 N–H and O–H groups in total. The van der Waals surface area contributed by atoms with Gasteiger partial charge < -0.3 is 25.8 Å². The van der Waals surface area contributed by atoms with Crippen molar-refractivity contribution in [3.8, 4) is 12.8 Å². The Labute approximate surface area is 256 Å². The second kappa shape index (κ2) is 17.4. The minimum absolute atomic E-state index is 0.104. The molecule has 3 heterocycles. The van der Waals surface area contributed by atoms with Crippen LogP contribution < -0.4 is 10.6 Å². The second-order valence-corrected chi connectivity index (χ2v) is 11.9. The molecule has 2 saturated heterocycles. The normalized spacial score (nSPS) is 25.7. The van der Waals surface area contributed by atoms with Gasteiger partial charge in [0, 0.05) is 17.7 Å². The van der Waals surface area contributed by atoms with Crippen molar-refractivity contribution >= 4 is 17.7 Å². The number of carbonyl (C=O) groups is 2. The van der Waals surface area contributed by atoms with Crippen LogP contribution in [0.3, 0.4) is 0 Å². The number of aromatic amines is 1. The molecule has 2 unspecified atom stereocenters. The molecule has 9 heteroatoms. The van der Waals surface area contributed by atoms with E-state index in [0.29, 0.717) is 24.1 Å². The summed E-state index contributed by atoms with van der Waals surface area (Å²) in [4.78, 5) is 31.3. The smallest absolute Gasteiger partial charge is 0.408 e. The number of hydrogen-bond donors (Lipinski definition) is 4. The number of aromatic nitrogens is 2. The van der Waals surface area contributed by atoms with E-state index in [1.807, 2.05) is 58.0 Å². The summed E-state index contributed by atoms with van der Waals surface area (Å²) in [6, 6.07) is 9.84. The van der Waals surface area contributed by atoms with Crippen molar-refractivity contribution in [3.63, 3.8) is 0 Å². The number of H-pyrrole nitrogens is 1. The van der Waals surface area contributed by atoms with E-state index in [0.717, 1.165) is 55.6 Å². The van der Waals surface area contributed by atoms with Gasteiger partial charge >= 0.3 is 6.09 Å². The van der Waals surface area contributed by atoms with Gasteiger partial charge in [0.05, 0.1) is 24.6 Å². The van der Waals surface area contributed by atoms with Crippen LogP contribution in [0.1, 0.15) is 95.8 Å². The molecule has 0 radical (unpaired) electrons. The van der Waals surface area contributed by atoms with Crippen LogP contribution in [-0.4, -0.2) is 40.4 Å². The Morgan fingerprint density at radius 3 is 2.35 bits per heavy atom. The number of imidazole rings is 1. The lowest BCUT2D eigenvalue weighted by Crippen LogP contribution is -2.57. The molecule has 1 aromatic heterocycles. The quantitative estimate of drug-likeness (QED) is 0.193.